The Balaban J connectivity index is 1.74. The van der Waals surface area contributed by atoms with Gasteiger partial charge in [-0.1, -0.05) is 11.3 Å². The van der Waals surface area contributed by atoms with E-state index in [9.17, 15) is 18.8 Å². The first-order chi connectivity index (χ1) is 20.3. The molecule has 0 radical (unpaired) electrons. The number of halogens is 1. The van der Waals surface area contributed by atoms with E-state index < -0.39 is 29.2 Å². The monoisotopic (exact) mass is 597 g/mol. The van der Waals surface area contributed by atoms with Crippen LogP contribution in [0.5, 0.6) is 5.75 Å². The SMILES string of the molecule is COCCO[C@@H](Cn1c(=O)n(C2CCN(C)C2=O)c(=O)c2c(C)c(-n3nccn3)sc21)c1cc(F)ccc1OCC#N. The molecule has 1 aromatic carbocycles. The van der Waals surface area contributed by atoms with Gasteiger partial charge in [-0.05, 0) is 31.5 Å². The molecule has 1 fully saturated rings. The number of carbonyl (C=O) groups excluding carboxylic acids is 1. The van der Waals surface area contributed by atoms with Crippen molar-refractivity contribution in [3.8, 4) is 16.8 Å². The topological polar surface area (TPSA) is 147 Å². The van der Waals surface area contributed by atoms with Crippen LogP contribution in [-0.4, -0.2) is 75.5 Å². The van der Waals surface area contributed by atoms with Gasteiger partial charge in [0, 0.05) is 31.8 Å². The van der Waals surface area contributed by atoms with Gasteiger partial charge >= 0.3 is 5.69 Å². The number of likely N-dealkylation sites (N-methyl/N-ethyl adjacent to an activating group) is 1. The van der Waals surface area contributed by atoms with E-state index >= 15 is 0 Å². The number of benzene rings is 1. The fraction of sp³-hybridized carbons (Fsp3) is 0.407. The minimum atomic E-state index is -0.979. The summed E-state index contributed by atoms with van der Waals surface area (Å²) in [6.07, 6.45) is 2.31. The highest BCUT2D eigenvalue weighted by atomic mass is 32.1. The van der Waals surface area contributed by atoms with E-state index in [4.69, 9.17) is 19.5 Å². The van der Waals surface area contributed by atoms with Gasteiger partial charge < -0.3 is 19.1 Å². The van der Waals surface area contributed by atoms with Gasteiger partial charge in [-0.2, -0.15) is 15.5 Å². The molecule has 0 spiro atoms. The van der Waals surface area contributed by atoms with Crippen LogP contribution in [-0.2, 0) is 20.8 Å². The minimum absolute atomic E-state index is 0.0880. The van der Waals surface area contributed by atoms with Gasteiger partial charge in [-0.25, -0.2) is 13.8 Å². The molecule has 1 saturated heterocycles. The number of nitriles is 1. The number of methoxy groups -OCH3 is 1. The molecule has 13 nitrogen and oxygen atoms in total. The van der Waals surface area contributed by atoms with Gasteiger partial charge in [0.2, 0.25) is 5.91 Å². The zero-order valence-corrected chi connectivity index (χ0v) is 24.0. The molecule has 0 bridgehead atoms. The van der Waals surface area contributed by atoms with Crippen molar-refractivity contribution < 1.29 is 23.4 Å². The van der Waals surface area contributed by atoms with Gasteiger partial charge in [-0.3, -0.25) is 14.2 Å². The fourth-order valence-electron chi connectivity index (χ4n) is 5.04. The van der Waals surface area contributed by atoms with Gasteiger partial charge in [0.25, 0.3) is 5.56 Å². The van der Waals surface area contributed by atoms with Gasteiger partial charge in [0.05, 0.1) is 37.5 Å². The van der Waals surface area contributed by atoms with Crippen molar-refractivity contribution in [2.75, 3.05) is 40.5 Å². The molecule has 1 aliphatic rings. The number of hydrogen-bond donors (Lipinski definition) is 0. The lowest BCUT2D eigenvalue weighted by Crippen LogP contribution is -2.44. The molecule has 0 N–H and O–H groups in total. The number of nitrogens with zero attached hydrogens (tertiary/aromatic N) is 7. The second-order valence-corrected chi connectivity index (χ2v) is 10.6. The summed E-state index contributed by atoms with van der Waals surface area (Å²) < 4.78 is 33.7. The zero-order chi connectivity index (χ0) is 30.0. The number of rotatable bonds is 11. The Morgan fingerprint density at radius 1 is 1.21 bits per heavy atom. The maximum Gasteiger partial charge on any atom is 0.332 e. The summed E-state index contributed by atoms with van der Waals surface area (Å²) >= 11 is 1.14. The molecule has 15 heteroatoms. The number of hydrogen-bond acceptors (Lipinski definition) is 10. The third kappa shape index (κ3) is 5.31. The van der Waals surface area contributed by atoms with E-state index in [1.54, 1.807) is 14.0 Å². The molecule has 3 aromatic heterocycles. The number of aromatic nitrogens is 5. The summed E-state index contributed by atoms with van der Waals surface area (Å²) in [6, 6.07) is 4.71. The van der Waals surface area contributed by atoms with E-state index in [1.165, 1.54) is 52.0 Å². The summed E-state index contributed by atoms with van der Waals surface area (Å²) in [5, 5.41) is 18.2. The second kappa shape index (κ2) is 12.2. The van der Waals surface area contributed by atoms with E-state index in [0.717, 1.165) is 15.9 Å². The Labute approximate surface area is 242 Å². The van der Waals surface area contributed by atoms with Crippen LogP contribution in [0.15, 0.2) is 40.2 Å². The highest BCUT2D eigenvalue weighted by Gasteiger charge is 2.35. The number of ether oxygens (including phenoxy) is 3. The highest BCUT2D eigenvalue weighted by Crippen LogP contribution is 2.34. The first kappa shape index (κ1) is 29.1. The summed E-state index contributed by atoms with van der Waals surface area (Å²) in [6.45, 7) is 1.96. The van der Waals surface area contributed by atoms with Crippen molar-refractivity contribution in [2.24, 2.45) is 0 Å². The molecule has 1 aliphatic heterocycles. The number of fused-ring (bicyclic) bond motifs is 1. The predicted octanol–water partition coefficient (Wildman–Crippen LogP) is 1.96. The van der Waals surface area contributed by atoms with Crippen molar-refractivity contribution in [3.63, 3.8) is 0 Å². The van der Waals surface area contributed by atoms with Crippen molar-refractivity contribution in [1.82, 2.24) is 29.0 Å². The summed E-state index contributed by atoms with van der Waals surface area (Å²) in [7, 11) is 3.12. The highest BCUT2D eigenvalue weighted by molar-refractivity contribution is 7.21. The van der Waals surface area contributed by atoms with Crippen molar-refractivity contribution >= 4 is 27.5 Å². The number of likely N-dealkylation sites (tertiary alicyclic amines) is 1. The van der Waals surface area contributed by atoms with Crippen LogP contribution in [0.1, 0.15) is 29.7 Å². The lowest BCUT2D eigenvalue weighted by Gasteiger charge is -2.23. The first-order valence-electron chi connectivity index (χ1n) is 13.1. The molecule has 0 saturated carbocycles. The molecule has 1 unspecified atom stereocenters. The number of thiophene rings is 1. The molecular weight excluding hydrogens is 569 g/mol. The molecule has 42 heavy (non-hydrogen) atoms. The van der Waals surface area contributed by atoms with Crippen LogP contribution in [0.2, 0.25) is 0 Å². The normalized spacial score (nSPS) is 15.8. The van der Waals surface area contributed by atoms with Crippen LogP contribution < -0.4 is 16.0 Å². The Morgan fingerprint density at radius 3 is 2.64 bits per heavy atom. The maximum absolute atomic E-state index is 14.5. The van der Waals surface area contributed by atoms with E-state index in [1.807, 2.05) is 6.07 Å². The average molecular weight is 598 g/mol. The third-order valence-electron chi connectivity index (χ3n) is 7.09. The van der Waals surface area contributed by atoms with E-state index in [2.05, 4.69) is 10.2 Å². The molecule has 1 amide bonds. The number of carbonyl (C=O) groups is 1. The fourth-order valence-corrected chi connectivity index (χ4v) is 6.26. The molecule has 220 valence electrons. The van der Waals surface area contributed by atoms with Crippen LogP contribution >= 0.6 is 11.3 Å². The Morgan fingerprint density at radius 2 is 1.98 bits per heavy atom. The predicted molar refractivity (Wildman–Crippen MR) is 149 cm³/mol. The second-order valence-electron chi connectivity index (χ2n) is 9.64. The molecule has 5 rings (SSSR count). The summed E-state index contributed by atoms with van der Waals surface area (Å²) in [5.74, 6) is -0.711. The lowest BCUT2D eigenvalue weighted by molar-refractivity contribution is -0.129. The lowest BCUT2D eigenvalue weighted by atomic mass is 10.1. The molecule has 4 aromatic rings. The van der Waals surface area contributed by atoms with Crippen molar-refractivity contribution in [1.29, 1.82) is 5.26 Å². The zero-order valence-electron chi connectivity index (χ0n) is 23.2. The van der Waals surface area contributed by atoms with Crippen LogP contribution in [0.3, 0.4) is 0 Å². The van der Waals surface area contributed by atoms with Gasteiger partial charge in [-0.15, -0.1) is 4.80 Å². The molecule has 2 atom stereocenters. The Kier molecular flexibility index (Phi) is 8.48. The van der Waals surface area contributed by atoms with Crippen LogP contribution in [0.25, 0.3) is 15.2 Å². The third-order valence-corrected chi connectivity index (χ3v) is 8.38. The molecule has 0 aliphatic carbocycles. The Bertz CT molecular complexity index is 1770. The average Bonchev–Trinajstić information content (AvgIpc) is 3.70. The quantitative estimate of drug-likeness (QED) is 0.237. The summed E-state index contributed by atoms with van der Waals surface area (Å²) in [5.41, 5.74) is -0.498. The largest absolute Gasteiger partial charge is 0.478 e. The smallest absolute Gasteiger partial charge is 0.332 e. The van der Waals surface area contributed by atoms with Crippen molar-refractivity contribution in [2.45, 2.75) is 32.0 Å². The molecular formula is C27H28FN7O6S. The van der Waals surface area contributed by atoms with Crippen LogP contribution in [0, 0.1) is 24.1 Å². The van der Waals surface area contributed by atoms with Gasteiger partial charge in [0.1, 0.15) is 39.6 Å². The standard InChI is InChI=1S/C27H28FN7O6S/c1-16-22-24(37)34(19-6-10-32(2)23(19)36)27(38)33(26(22)42-25(16)35-30-8-9-31-35)15-21(41-13-12-39-3)18-14-17(28)4-5-20(18)40-11-7-29/h4-5,8-9,14,19,21H,6,10-13,15H2,1-3H3/t19?,21-/m0/s1. The number of amides is 1. The van der Waals surface area contributed by atoms with E-state index in [-0.39, 0.29) is 55.4 Å². The maximum atomic E-state index is 14.5. The van der Waals surface area contributed by atoms with Gasteiger partial charge in [0.15, 0.2) is 6.61 Å². The van der Waals surface area contributed by atoms with Crippen molar-refractivity contribution in [3.05, 3.63) is 68.4 Å². The number of aryl methyl sites for hydroxylation is 1. The molecule has 4 heterocycles. The van der Waals surface area contributed by atoms with E-state index in [0.29, 0.717) is 21.9 Å². The summed E-state index contributed by atoms with van der Waals surface area (Å²) in [4.78, 5) is 44.3. The van der Waals surface area contributed by atoms with Crippen LogP contribution in [0.4, 0.5) is 4.39 Å². The first-order valence-corrected chi connectivity index (χ1v) is 13.9. The Hall–Kier alpha value is -4.39. The minimum Gasteiger partial charge on any atom is -0.478 e.